The van der Waals surface area contributed by atoms with E-state index in [-0.39, 0.29) is 30.6 Å². The normalized spacial score (nSPS) is 15.2. The Hall–Kier alpha value is -3.62. The maximum atomic E-state index is 13.3. The lowest BCUT2D eigenvalue weighted by atomic mass is 9.52. The third-order valence-electron chi connectivity index (χ3n) is 8.85. The van der Waals surface area contributed by atoms with Crippen molar-refractivity contribution in [1.29, 1.82) is 0 Å². The average Bonchev–Trinajstić information content (AvgIpc) is 2.97. The molecule has 0 atom stereocenters. The van der Waals surface area contributed by atoms with Crippen LogP contribution < -0.4 is 9.47 Å². The van der Waals surface area contributed by atoms with Crippen LogP contribution in [-0.4, -0.2) is 22.4 Å². The minimum Gasteiger partial charge on any atom is -0.488 e. The van der Waals surface area contributed by atoms with Crippen molar-refractivity contribution < 1.29 is 26.3 Å². The molecule has 0 heterocycles. The van der Waals surface area contributed by atoms with E-state index in [0.717, 1.165) is 42.6 Å². The molecule has 4 aromatic carbocycles. The van der Waals surface area contributed by atoms with Gasteiger partial charge in [-0.15, -0.1) is 0 Å². The molecule has 0 unspecified atom stereocenters. The second kappa shape index (κ2) is 9.99. The van der Waals surface area contributed by atoms with Crippen LogP contribution in [0.25, 0.3) is 0 Å². The smallest absolute Gasteiger partial charge is 0.206 e. The lowest BCUT2D eigenvalue weighted by Gasteiger charge is -2.51. The van der Waals surface area contributed by atoms with Crippen molar-refractivity contribution in [3.05, 3.63) is 102 Å². The summed E-state index contributed by atoms with van der Waals surface area (Å²) in [6.45, 7) is 8.49. The number of hydrogen-bond donors (Lipinski definition) is 0. The molecular weight excluding hydrogens is 569 g/mol. The van der Waals surface area contributed by atoms with Gasteiger partial charge in [-0.1, -0.05) is 20.8 Å². The summed E-state index contributed by atoms with van der Waals surface area (Å²) in [7, 11) is -7.62. The SMILES string of the molecule is CCC(C)(CC)Oc1ccc(Oc2ccc(S(=O)(=O)c3ccc(S(=O)(=O)c4cc5c6c(c4)CC6(C)C5)cc3)cc2)cc1. The first-order chi connectivity index (χ1) is 19.9. The van der Waals surface area contributed by atoms with E-state index >= 15 is 0 Å². The zero-order valence-electron chi connectivity index (χ0n) is 24.2. The Morgan fingerprint density at radius 2 is 1.02 bits per heavy atom. The highest BCUT2D eigenvalue weighted by atomic mass is 32.2. The van der Waals surface area contributed by atoms with Gasteiger partial charge in [-0.25, -0.2) is 16.8 Å². The van der Waals surface area contributed by atoms with Gasteiger partial charge in [0.05, 0.1) is 19.6 Å². The quantitative estimate of drug-likeness (QED) is 0.187. The van der Waals surface area contributed by atoms with Crippen LogP contribution in [0.5, 0.6) is 17.2 Å². The molecule has 8 heteroatoms. The molecular formula is C34H34O6S2. The van der Waals surface area contributed by atoms with Gasteiger partial charge in [0.25, 0.3) is 0 Å². The molecule has 0 N–H and O–H groups in total. The van der Waals surface area contributed by atoms with Crippen LogP contribution in [0, 0.1) is 0 Å². The van der Waals surface area contributed by atoms with Crippen molar-refractivity contribution in [3.8, 4) is 17.2 Å². The molecule has 0 aromatic heterocycles. The number of rotatable bonds is 10. The van der Waals surface area contributed by atoms with Crippen LogP contribution in [0.4, 0.5) is 0 Å². The van der Waals surface area contributed by atoms with E-state index < -0.39 is 19.7 Å². The summed E-state index contributed by atoms with van der Waals surface area (Å²) in [5.74, 6) is 1.85. The zero-order valence-corrected chi connectivity index (χ0v) is 25.8. The summed E-state index contributed by atoms with van der Waals surface area (Å²) in [5, 5.41) is 0. The van der Waals surface area contributed by atoms with Crippen LogP contribution in [0.1, 0.15) is 57.2 Å². The van der Waals surface area contributed by atoms with E-state index in [4.69, 9.17) is 9.47 Å². The topological polar surface area (TPSA) is 86.7 Å². The van der Waals surface area contributed by atoms with Gasteiger partial charge < -0.3 is 9.47 Å². The number of sulfone groups is 2. The van der Waals surface area contributed by atoms with Crippen LogP contribution in [0.15, 0.2) is 105 Å². The molecule has 0 saturated heterocycles. The number of hydrogen-bond acceptors (Lipinski definition) is 6. The molecule has 0 bridgehead atoms. The highest BCUT2D eigenvalue weighted by Crippen LogP contribution is 2.54. The van der Waals surface area contributed by atoms with Crippen molar-refractivity contribution >= 4 is 19.7 Å². The Kier molecular flexibility index (Phi) is 6.78. The largest absolute Gasteiger partial charge is 0.488 e. The number of benzene rings is 4. The van der Waals surface area contributed by atoms with Gasteiger partial charge in [0, 0.05) is 5.41 Å². The first kappa shape index (κ1) is 28.5. The highest BCUT2D eigenvalue weighted by Gasteiger charge is 2.48. The monoisotopic (exact) mass is 602 g/mol. The molecule has 2 aliphatic carbocycles. The van der Waals surface area contributed by atoms with E-state index in [0.29, 0.717) is 11.5 Å². The third kappa shape index (κ3) is 4.80. The molecule has 6 rings (SSSR count). The zero-order chi connectivity index (χ0) is 29.9. The molecule has 0 fully saturated rings. The molecule has 0 aliphatic heterocycles. The van der Waals surface area contributed by atoms with E-state index in [1.807, 2.05) is 24.3 Å². The van der Waals surface area contributed by atoms with Crippen LogP contribution in [-0.2, 0) is 37.9 Å². The molecule has 2 aliphatic rings. The second-order valence-electron chi connectivity index (χ2n) is 11.8. The fourth-order valence-corrected chi connectivity index (χ4v) is 8.58. The fourth-order valence-electron chi connectivity index (χ4n) is 5.96. The van der Waals surface area contributed by atoms with Crippen LogP contribution >= 0.6 is 0 Å². The van der Waals surface area contributed by atoms with Crippen molar-refractivity contribution in [2.45, 2.75) is 84.0 Å². The molecule has 4 aromatic rings. The van der Waals surface area contributed by atoms with E-state index in [1.54, 1.807) is 24.3 Å². The maximum Gasteiger partial charge on any atom is 0.206 e. The summed E-state index contributed by atoms with van der Waals surface area (Å²) in [6, 6.07) is 22.5. The maximum absolute atomic E-state index is 13.3. The summed E-state index contributed by atoms with van der Waals surface area (Å²) in [6.07, 6.45) is 3.60. The van der Waals surface area contributed by atoms with E-state index in [1.165, 1.54) is 42.0 Å². The Balaban J connectivity index is 1.15. The van der Waals surface area contributed by atoms with Gasteiger partial charge >= 0.3 is 0 Å². The molecule has 0 radical (unpaired) electrons. The minimum absolute atomic E-state index is 0.0200. The van der Waals surface area contributed by atoms with Gasteiger partial charge in [0.2, 0.25) is 19.7 Å². The Morgan fingerprint density at radius 1 is 0.643 bits per heavy atom. The Labute approximate surface area is 248 Å². The molecule has 218 valence electrons. The molecule has 0 saturated carbocycles. The first-order valence-corrected chi connectivity index (χ1v) is 17.2. The fraction of sp³-hybridized carbons (Fsp3) is 0.294. The van der Waals surface area contributed by atoms with Crippen LogP contribution in [0.2, 0.25) is 0 Å². The molecule has 0 amide bonds. The molecule has 0 spiro atoms. The standard InChI is InChI=1S/C34H34O6S2/c1-5-34(4,6-2)40-27-9-7-25(8-10-27)39-26-11-13-28(14-12-26)41(35,36)29-15-17-30(18-16-29)42(37,38)31-19-23-21-33(3)22-24(20-31)32(23)33/h7-20H,5-6,21-22H2,1-4H3. The summed E-state index contributed by atoms with van der Waals surface area (Å²) in [5.41, 5.74) is 3.50. The van der Waals surface area contributed by atoms with Gasteiger partial charge in [-0.05, 0) is 134 Å². The Morgan fingerprint density at radius 3 is 1.45 bits per heavy atom. The van der Waals surface area contributed by atoms with Gasteiger partial charge in [0.1, 0.15) is 22.8 Å². The van der Waals surface area contributed by atoms with E-state index in [9.17, 15) is 16.8 Å². The summed E-state index contributed by atoms with van der Waals surface area (Å²) in [4.78, 5) is 0.451. The number of ether oxygens (including phenoxy) is 2. The van der Waals surface area contributed by atoms with Crippen molar-refractivity contribution in [1.82, 2.24) is 0 Å². The van der Waals surface area contributed by atoms with Crippen molar-refractivity contribution in [3.63, 3.8) is 0 Å². The summed E-state index contributed by atoms with van der Waals surface area (Å²) >= 11 is 0. The Bertz CT molecular complexity index is 1840. The van der Waals surface area contributed by atoms with Gasteiger partial charge in [-0.2, -0.15) is 0 Å². The van der Waals surface area contributed by atoms with Gasteiger partial charge in [-0.3, -0.25) is 0 Å². The average molecular weight is 603 g/mol. The van der Waals surface area contributed by atoms with Crippen LogP contribution in [0.3, 0.4) is 0 Å². The third-order valence-corrected chi connectivity index (χ3v) is 12.4. The van der Waals surface area contributed by atoms with Crippen molar-refractivity contribution in [2.75, 3.05) is 0 Å². The first-order valence-electron chi connectivity index (χ1n) is 14.2. The highest BCUT2D eigenvalue weighted by molar-refractivity contribution is 7.92. The minimum atomic E-state index is -3.86. The van der Waals surface area contributed by atoms with Crippen molar-refractivity contribution in [2.24, 2.45) is 0 Å². The molecule has 42 heavy (non-hydrogen) atoms. The lowest BCUT2D eigenvalue weighted by Crippen LogP contribution is -2.47. The van der Waals surface area contributed by atoms with E-state index in [2.05, 4.69) is 27.7 Å². The molecule has 6 nitrogen and oxygen atoms in total. The summed E-state index contributed by atoms with van der Waals surface area (Å²) < 4.78 is 65.3. The predicted octanol–water partition coefficient (Wildman–Crippen LogP) is 7.47. The van der Waals surface area contributed by atoms with Gasteiger partial charge in [0.15, 0.2) is 0 Å². The predicted molar refractivity (Wildman–Crippen MR) is 161 cm³/mol. The lowest BCUT2D eigenvalue weighted by molar-refractivity contribution is 0.0802. The second-order valence-corrected chi connectivity index (χ2v) is 15.7.